The number of ether oxygens (including phenoxy) is 1. The van der Waals surface area contributed by atoms with E-state index in [2.05, 4.69) is 20.3 Å². The molecule has 0 spiro atoms. The van der Waals surface area contributed by atoms with Gasteiger partial charge in [-0.05, 0) is 19.1 Å². The predicted octanol–water partition coefficient (Wildman–Crippen LogP) is 2.15. The van der Waals surface area contributed by atoms with Crippen LogP contribution in [0.4, 0.5) is 20.3 Å². The number of hydrogen-bond acceptors (Lipinski definition) is 4. The summed E-state index contributed by atoms with van der Waals surface area (Å²) in [6.45, 7) is -1.33. The van der Waals surface area contributed by atoms with Crippen LogP contribution >= 0.6 is 0 Å². The van der Waals surface area contributed by atoms with Crippen molar-refractivity contribution in [1.82, 2.24) is 10.2 Å². The molecule has 0 aliphatic rings. The van der Waals surface area contributed by atoms with Gasteiger partial charge in [0, 0.05) is 0 Å². The monoisotopic (exact) mass is 282 g/mol. The van der Waals surface area contributed by atoms with Crippen molar-refractivity contribution in [2.45, 2.75) is 13.5 Å². The minimum atomic E-state index is -3.01. The molecule has 0 saturated heterocycles. The third-order valence-corrected chi connectivity index (χ3v) is 2.57. The van der Waals surface area contributed by atoms with E-state index in [9.17, 15) is 13.6 Å². The molecule has 20 heavy (non-hydrogen) atoms. The normalized spacial score (nSPS) is 10.6. The zero-order valence-corrected chi connectivity index (χ0v) is 10.5. The first-order chi connectivity index (χ1) is 9.49. The van der Waals surface area contributed by atoms with Crippen molar-refractivity contribution in [3.8, 4) is 5.75 Å². The fourth-order valence-corrected chi connectivity index (χ4v) is 1.56. The predicted molar refractivity (Wildman–Crippen MR) is 68.8 cm³/mol. The maximum atomic E-state index is 12.3. The van der Waals surface area contributed by atoms with E-state index in [1.807, 2.05) is 0 Å². The molecule has 1 heterocycles. The summed E-state index contributed by atoms with van der Waals surface area (Å²) in [6.07, 6.45) is 0. The number of para-hydroxylation sites is 1. The molecule has 1 aromatic heterocycles. The van der Waals surface area contributed by atoms with Gasteiger partial charge in [-0.2, -0.15) is 13.9 Å². The first kappa shape index (κ1) is 13.8. The quantitative estimate of drug-likeness (QED) is 0.801. The Labute approximate surface area is 112 Å². The van der Waals surface area contributed by atoms with E-state index >= 15 is 0 Å². The van der Waals surface area contributed by atoms with E-state index in [1.54, 1.807) is 6.92 Å². The van der Waals surface area contributed by atoms with E-state index in [0.717, 1.165) is 0 Å². The standard InChI is InChI=1S/C12H12F2N4O2/c1-6-9(15)10(18-17-6)16-11(19)7-4-2-3-5-8(7)20-12(13)14/h2-5,12H,15H2,1H3,(H2,16,17,18,19). The number of nitrogen functional groups attached to an aromatic ring is 1. The molecule has 0 saturated carbocycles. The molecule has 106 valence electrons. The number of anilines is 2. The topological polar surface area (TPSA) is 93.0 Å². The molecular formula is C12H12F2N4O2. The Morgan fingerprint density at radius 1 is 1.45 bits per heavy atom. The number of nitrogens with zero attached hydrogens (tertiary/aromatic N) is 1. The number of aromatic amines is 1. The Bertz CT molecular complexity index is 628. The Kier molecular flexibility index (Phi) is 3.83. The lowest BCUT2D eigenvalue weighted by atomic mass is 10.2. The highest BCUT2D eigenvalue weighted by Crippen LogP contribution is 2.23. The Balaban J connectivity index is 2.23. The number of amides is 1. The number of nitrogens with two attached hydrogens (primary N) is 1. The van der Waals surface area contributed by atoms with Gasteiger partial charge in [-0.15, -0.1) is 0 Å². The molecule has 0 aliphatic heterocycles. The van der Waals surface area contributed by atoms with Gasteiger partial charge < -0.3 is 15.8 Å². The molecule has 0 bridgehead atoms. The highest BCUT2D eigenvalue weighted by atomic mass is 19.3. The van der Waals surface area contributed by atoms with E-state index in [4.69, 9.17) is 5.73 Å². The number of carbonyl (C=O) groups excluding carboxylic acids is 1. The van der Waals surface area contributed by atoms with Crippen molar-refractivity contribution in [3.05, 3.63) is 35.5 Å². The second-order valence-electron chi connectivity index (χ2n) is 3.94. The van der Waals surface area contributed by atoms with Crippen molar-refractivity contribution in [3.63, 3.8) is 0 Å². The molecule has 0 radical (unpaired) electrons. The first-order valence-electron chi connectivity index (χ1n) is 5.64. The molecule has 1 amide bonds. The van der Waals surface area contributed by atoms with E-state index < -0.39 is 12.5 Å². The van der Waals surface area contributed by atoms with Gasteiger partial charge in [-0.25, -0.2) is 0 Å². The average Bonchev–Trinajstić information content (AvgIpc) is 2.70. The van der Waals surface area contributed by atoms with Crippen molar-refractivity contribution >= 4 is 17.4 Å². The summed E-state index contributed by atoms with van der Waals surface area (Å²) < 4.78 is 28.8. The third-order valence-electron chi connectivity index (χ3n) is 2.57. The minimum Gasteiger partial charge on any atom is -0.434 e. The number of halogens is 2. The van der Waals surface area contributed by atoms with Crippen LogP contribution in [0.1, 0.15) is 16.1 Å². The van der Waals surface area contributed by atoms with E-state index in [-0.39, 0.29) is 22.8 Å². The largest absolute Gasteiger partial charge is 0.434 e. The van der Waals surface area contributed by atoms with Gasteiger partial charge in [-0.1, -0.05) is 12.1 Å². The molecular weight excluding hydrogens is 270 g/mol. The maximum Gasteiger partial charge on any atom is 0.387 e. The Morgan fingerprint density at radius 3 is 2.75 bits per heavy atom. The van der Waals surface area contributed by atoms with Gasteiger partial charge in [0.1, 0.15) is 5.75 Å². The zero-order valence-electron chi connectivity index (χ0n) is 10.5. The summed E-state index contributed by atoms with van der Waals surface area (Å²) in [5.41, 5.74) is 6.53. The number of aryl methyl sites for hydroxylation is 1. The van der Waals surface area contributed by atoms with Crippen LogP contribution in [0, 0.1) is 6.92 Å². The van der Waals surface area contributed by atoms with Gasteiger partial charge in [0.15, 0.2) is 5.82 Å². The third kappa shape index (κ3) is 2.85. The van der Waals surface area contributed by atoms with E-state index in [0.29, 0.717) is 5.69 Å². The van der Waals surface area contributed by atoms with Gasteiger partial charge in [0.2, 0.25) is 0 Å². The van der Waals surface area contributed by atoms with Crippen LogP contribution in [-0.2, 0) is 0 Å². The number of rotatable bonds is 4. The molecule has 6 nitrogen and oxygen atoms in total. The van der Waals surface area contributed by atoms with Gasteiger partial charge in [0.05, 0.1) is 16.9 Å². The summed E-state index contributed by atoms with van der Waals surface area (Å²) in [7, 11) is 0. The van der Waals surface area contributed by atoms with Crippen molar-refractivity contribution in [2.24, 2.45) is 0 Å². The van der Waals surface area contributed by atoms with Crippen LogP contribution in [0.3, 0.4) is 0 Å². The highest BCUT2D eigenvalue weighted by molar-refractivity contribution is 6.07. The molecule has 4 N–H and O–H groups in total. The molecule has 1 aromatic carbocycles. The molecule has 0 atom stereocenters. The van der Waals surface area contributed by atoms with Crippen LogP contribution in [0.25, 0.3) is 0 Å². The highest BCUT2D eigenvalue weighted by Gasteiger charge is 2.17. The smallest absolute Gasteiger partial charge is 0.387 e. The van der Waals surface area contributed by atoms with Crippen LogP contribution in [0.2, 0.25) is 0 Å². The molecule has 0 aliphatic carbocycles. The van der Waals surface area contributed by atoms with Crippen LogP contribution < -0.4 is 15.8 Å². The second-order valence-corrected chi connectivity index (χ2v) is 3.94. The maximum absolute atomic E-state index is 12.3. The zero-order chi connectivity index (χ0) is 14.7. The molecule has 0 unspecified atom stereocenters. The number of carbonyl (C=O) groups is 1. The Hall–Kier alpha value is -2.64. The SMILES string of the molecule is Cc1[nH]nc(NC(=O)c2ccccc2OC(F)F)c1N. The second kappa shape index (κ2) is 5.55. The molecule has 8 heteroatoms. The minimum absolute atomic E-state index is 0.0344. The van der Waals surface area contributed by atoms with Crippen LogP contribution in [0.5, 0.6) is 5.75 Å². The van der Waals surface area contributed by atoms with Crippen molar-refractivity contribution in [2.75, 3.05) is 11.1 Å². The summed E-state index contributed by atoms with van der Waals surface area (Å²) in [5, 5.41) is 8.83. The molecule has 2 aromatic rings. The average molecular weight is 282 g/mol. The summed E-state index contributed by atoms with van der Waals surface area (Å²) in [6, 6.07) is 5.66. The Morgan fingerprint density at radius 2 is 2.15 bits per heavy atom. The van der Waals surface area contributed by atoms with Crippen molar-refractivity contribution < 1.29 is 18.3 Å². The number of nitrogens with one attached hydrogen (secondary N) is 2. The lowest BCUT2D eigenvalue weighted by molar-refractivity contribution is -0.0501. The molecule has 0 fully saturated rings. The number of benzene rings is 1. The fourth-order valence-electron chi connectivity index (χ4n) is 1.56. The lowest BCUT2D eigenvalue weighted by Crippen LogP contribution is -2.16. The number of aromatic nitrogens is 2. The number of hydrogen-bond donors (Lipinski definition) is 3. The van der Waals surface area contributed by atoms with Crippen LogP contribution in [-0.4, -0.2) is 22.7 Å². The van der Waals surface area contributed by atoms with Gasteiger partial charge in [0.25, 0.3) is 5.91 Å². The van der Waals surface area contributed by atoms with E-state index in [1.165, 1.54) is 24.3 Å². The fraction of sp³-hybridized carbons (Fsp3) is 0.167. The number of alkyl halides is 2. The number of H-pyrrole nitrogens is 1. The lowest BCUT2D eigenvalue weighted by Gasteiger charge is -2.10. The van der Waals surface area contributed by atoms with Crippen molar-refractivity contribution in [1.29, 1.82) is 0 Å². The summed E-state index contributed by atoms with van der Waals surface area (Å²) >= 11 is 0. The van der Waals surface area contributed by atoms with Gasteiger partial charge in [-0.3, -0.25) is 9.89 Å². The first-order valence-corrected chi connectivity index (χ1v) is 5.64. The summed E-state index contributed by atoms with van der Waals surface area (Å²) in [4.78, 5) is 12.0. The van der Waals surface area contributed by atoms with Gasteiger partial charge >= 0.3 is 6.61 Å². The van der Waals surface area contributed by atoms with Crippen LogP contribution in [0.15, 0.2) is 24.3 Å². The summed E-state index contributed by atoms with van der Waals surface area (Å²) in [5.74, 6) is -0.718. The molecule has 2 rings (SSSR count).